The van der Waals surface area contributed by atoms with Crippen LogP contribution >= 0.6 is 11.3 Å². The Labute approximate surface area is 128 Å². The molecular formula is C14H14N2O5S. The number of nitrogens with zero attached hydrogens (tertiary/aromatic N) is 1. The first-order valence-corrected chi connectivity index (χ1v) is 7.71. The standard InChI is InChI=1S/C14H14N2O5S/c1-21-14(20)6-4-2-3-5-7-8(6)9-11(17)15-10(13(18)19)16-12(9)22-7/h6H,2-5H2,1H3,(H,18,19)(H,15,16,17). The lowest BCUT2D eigenvalue weighted by atomic mass is 9.94. The van der Waals surface area contributed by atoms with Gasteiger partial charge in [0.2, 0.25) is 5.82 Å². The van der Waals surface area contributed by atoms with Gasteiger partial charge in [0.15, 0.2) is 0 Å². The van der Waals surface area contributed by atoms with E-state index in [0.717, 1.165) is 24.1 Å². The van der Waals surface area contributed by atoms with Crippen LogP contribution in [0.2, 0.25) is 0 Å². The highest BCUT2D eigenvalue weighted by molar-refractivity contribution is 7.18. The number of methoxy groups -OCH3 is 1. The number of aromatic carboxylic acids is 1. The molecule has 116 valence electrons. The van der Waals surface area contributed by atoms with Crippen molar-refractivity contribution in [3.05, 3.63) is 26.6 Å². The van der Waals surface area contributed by atoms with E-state index in [2.05, 4.69) is 9.97 Å². The number of carboxylic acid groups (broad SMARTS) is 1. The Hall–Kier alpha value is -2.22. The maximum absolute atomic E-state index is 12.3. The molecule has 22 heavy (non-hydrogen) atoms. The Kier molecular flexibility index (Phi) is 3.69. The zero-order chi connectivity index (χ0) is 15.9. The third kappa shape index (κ3) is 2.29. The van der Waals surface area contributed by atoms with Crippen LogP contribution in [-0.4, -0.2) is 34.1 Å². The number of H-pyrrole nitrogens is 1. The summed E-state index contributed by atoms with van der Waals surface area (Å²) in [4.78, 5) is 42.9. The molecule has 0 aromatic carbocycles. The van der Waals surface area contributed by atoms with E-state index < -0.39 is 17.4 Å². The normalized spacial score (nSPS) is 17.8. The lowest BCUT2D eigenvalue weighted by Crippen LogP contribution is -2.19. The number of ether oxygens (including phenoxy) is 1. The summed E-state index contributed by atoms with van der Waals surface area (Å²) < 4.78 is 4.86. The van der Waals surface area contributed by atoms with E-state index in [9.17, 15) is 14.4 Å². The number of nitrogens with one attached hydrogen (secondary N) is 1. The monoisotopic (exact) mass is 322 g/mol. The minimum absolute atomic E-state index is 0.322. The highest BCUT2D eigenvalue weighted by atomic mass is 32.1. The topological polar surface area (TPSA) is 109 Å². The van der Waals surface area contributed by atoms with Crippen LogP contribution in [0.5, 0.6) is 0 Å². The van der Waals surface area contributed by atoms with E-state index in [1.807, 2.05) is 0 Å². The van der Waals surface area contributed by atoms with Crippen LogP contribution in [0.1, 0.15) is 46.2 Å². The van der Waals surface area contributed by atoms with Crippen molar-refractivity contribution in [2.45, 2.75) is 31.6 Å². The molecule has 2 aromatic heterocycles. The predicted octanol–water partition coefficient (Wildman–Crippen LogP) is 1.67. The summed E-state index contributed by atoms with van der Waals surface area (Å²) in [6.07, 6.45) is 3.16. The molecule has 0 aliphatic heterocycles. The predicted molar refractivity (Wildman–Crippen MR) is 79.5 cm³/mol. The van der Waals surface area contributed by atoms with Crippen molar-refractivity contribution in [1.82, 2.24) is 9.97 Å². The van der Waals surface area contributed by atoms with Crippen molar-refractivity contribution < 1.29 is 19.4 Å². The van der Waals surface area contributed by atoms with Crippen LogP contribution in [0.15, 0.2) is 4.79 Å². The number of carbonyl (C=O) groups is 2. The fourth-order valence-corrected chi connectivity index (χ4v) is 4.16. The summed E-state index contributed by atoms with van der Waals surface area (Å²) in [5.41, 5.74) is 0.144. The molecule has 1 aliphatic rings. The van der Waals surface area contributed by atoms with Gasteiger partial charge in [0.1, 0.15) is 4.83 Å². The Morgan fingerprint density at radius 3 is 2.86 bits per heavy atom. The fraction of sp³-hybridized carbons (Fsp3) is 0.429. The molecule has 8 heteroatoms. The summed E-state index contributed by atoms with van der Waals surface area (Å²) in [6, 6.07) is 0. The van der Waals surface area contributed by atoms with Crippen molar-refractivity contribution in [1.29, 1.82) is 0 Å². The van der Waals surface area contributed by atoms with Gasteiger partial charge in [0.25, 0.3) is 5.56 Å². The van der Waals surface area contributed by atoms with Crippen LogP contribution in [0.3, 0.4) is 0 Å². The number of aromatic amines is 1. The number of thiophene rings is 1. The SMILES string of the molecule is COC(=O)C1CCCCc2sc3nc(C(=O)O)[nH]c(=O)c3c21. The zero-order valence-corrected chi connectivity index (χ0v) is 12.7. The molecule has 3 rings (SSSR count). The van der Waals surface area contributed by atoms with Gasteiger partial charge < -0.3 is 14.8 Å². The molecule has 0 bridgehead atoms. The molecule has 2 N–H and O–H groups in total. The molecule has 7 nitrogen and oxygen atoms in total. The van der Waals surface area contributed by atoms with Crippen LogP contribution in [0, 0.1) is 0 Å². The van der Waals surface area contributed by atoms with Gasteiger partial charge in [0.05, 0.1) is 18.4 Å². The second kappa shape index (κ2) is 5.53. The Morgan fingerprint density at radius 1 is 1.41 bits per heavy atom. The Bertz CT molecular complexity index is 822. The van der Waals surface area contributed by atoms with Gasteiger partial charge >= 0.3 is 11.9 Å². The number of fused-ring (bicyclic) bond motifs is 3. The second-order valence-corrected chi connectivity index (χ2v) is 6.24. The molecule has 1 aliphatic carbocycles. The van der Waals surface area contributed by atoms with E-state index in [1.165, 1.54) is 18.4 Å². The van der Waals surface area contributed by atoms with Gasteiger partial charge in [-0.2, -0.15) is 0 Å². The number of esters is 1. The first kappa shape index (κ1) is 14.7. The van der Waals surface area contributed by atoms with Gasteiger partial charge in [-0.1, -0.05) is 6.42 Å². The molecule has 2 aromatic rings. The van der Waals surface area contributed by atoms with Crippen LogP contribution in [0.4, 0.5) is 0 Å². The van der Waals surface area contributed by atoms with Crippen molar-refractivity contribution in [2.75, 3.05) is 7.11 Å². The minimum Gasteiger partial charge on any atom is -0.475 e. The van der Waals surface area contributed by atoms with E-state index >= 15 is 0 Å². The molecule has 1 unspecified atom stereocenters. The lowest BCUT2D eigenvalue weighted by molar-refractivity contribution is -0.142. The average molecular weight is 322 g/mol. The van der Waals surface area contributed by atoms with Crippen molar-refractivity contribution in [2.24, 2.45) is 0 Å². The summed E-state index contributed by atoms with van der Waals surface area (Å²) in [5, 5.41) is 9.31. The lowest BCUT2D eigenvalue weighted by Gasteiger charge is -2.12. The smallest absolute Gasteiger partial charge is 0.372 e. The van der Waals surface area contributed by atoms with Crippen LogP contribution in [-0.2, 0) is 16.0 Å². The third-order valence-electron chi connectivity index (χ3n) is 3.86. The Balaban J connectivity index is 2.29. The maximum Gasteiger partial charge on any atom is 0.372 e. The molecule has 0 radical (unpaired) electrons. The summed E-state index contributed by atoms with van der Waals surface area (Å²) in [6.45, 7) is 0. The summed E-state index contributed by atoms with van der Waals surface area (Å²) in [5.74, 6) is -2.53. The number of hydrogen-bond donors (Lipinski definition) is 2. The van der Waals surface area contributed by atoms with Gasteiger partial charge in [-0.3, -0.25) is 9.59 Å². The van der Waals surface area contributed by atoms with Gasteiger partial charge in [-0.05, 0) is 24.8 Å². The Morgan fingerprint density at radius 2 is 2.18 bits per heavy atom. The van der Waals surface area contributed by atoms with Crippen LogP contribution in [0.25, 0.3) is 10.2 Å². The molecule has 1 atom stereocenters. The molecule has 2 heterocycles. The molecular weight excluding hydrogens is 308 g/mol. The van der Waals surface area contributed by atoms with Crippen molar-refractivity contribution in [3.63, 3.8) is 0 Å². The minimum atomic E-state index is -1.29. The summed E-state index contributed by atoms with van der Waals surface area (Å²) >= 11 is 1.29. The van der Waals surface area contributed by atoms with Gasteiger partial charge in [0, 0.05) is 4.88 Å². The van der Waals surface area contributed by atoms with E-state index in [-0.39, 0.29) is 11.8 Å². The summed E-state index contributed by atoms with van der Waals surface area (Å²) in [7, 11) is 1.33. The zero-order valence-electron chi connectivity index (χ0n) is 11.8. The van der Waals surface area contributed by atoms with Gasteiger partial charge in [-0.25, -0.2) is 9.78 Å². The first-order valence-electron chi connectivity index (χ1n) is 6.89. The van der Waals surface area contributed by atoms with E-state index in [0.29, 0.717) is 22.2 Å². The average Bonchev–Trinajstić information content (AvgIpc) is 2.73. The van der Waals surface area contributed by atoms with E-state index in [1.54, 1.807) is 0 Å². The number of aromatic nitrogens is 2. The highest BCUT2D eigenvalue weighted by Gasteiger charge is 2.31. The number of carbonyl (C=O) groups excluding carboxylic acids is 1. The van der Waals surface area contributed by atoms with Gasteiger partial charge in [-0.15, -0.1) is 11.3 Å². The number of aryl methyl sites for hydroxylation is 1. The second-order valence-electron chi connectivity index (χ2n) is 5.16. The molecule has 0 saturated heterocycles. The highest BCUT2D eigenvalue weighted by Crippen LogP contribution is 2.39. The first-order chi connectivity index (χ1) is 10.5. The van der Waals surface area contributed by atoms with Crippen molar-refractivity contribution >= 4 is 33.5 Å². The van der Waals surface area contributed by atoms with Crippen LogP contribution < -0.4 is 5.56 Å². The molecule has 0 saturated carbocycles. The molecule has 0 spiro atoms. The van der Waals surface area contributed by atoms with Crippen molar-refractivity contribution in [3.8, 4) is 0 Å². The number of rotatable bonds is 2. The maximum atomic E-state index is 12.3. The quantitative estimate of drug-likeness (QED) is 0.643. The molecule has 0 fully saturated rings. The molecule has 0 amide bonds. The largest absolute Gasteiger partial charge is 0.475 e. The number of hydrogen-bond acceptors (Lipinski definition) is 6. The third-order valence-corrected chi connectivity index (χ3v) is 5.02. The fourth-order valence-electron chi connectivity index (χ4n) is 2.89. The number of carboxylic acids is 1. The van der Waals surface area contributed by atoms with E-state index in [4.69, 9.17) is 9.84 Å².